The van der Waals surface area contributed by atoms with Gasteiger partial charge in [-0.05, 0) is 30.0 Å². The predicted octanol–water partition coefficient (Wildman–Crippen LogP) is 2.95. The third-order valence-corrected chi connectivity index (χ3v) is 3.51. The van der Waals surface area contributed by atoms with Crippen LogP contribution in [0.2, 0.25) is 5.02 Å². The van der Waals surface area contributed by atoms with Gasteiger partial charge in [-0.15, -0.1) is 0 Å². The topological polar surface area (TPSA) is 49.4 Å². The number of carbonyl (C=O) groups excluding carboxylic acids is 2. The number of carbonyl (C=O) groups is 2. The minimum absolute atomic E-state index is 0.0539. The zero-order chi connectivity index (χ0) is 14.9. The second-order valence-corrected chi connectivity index (χ2v) is 5.70. The molecule has 1 aromatic carbocycles. The van der Waals surface area contributed by atoms with Gasteiger partial charge in [-0.25, -0.2) is 9.18 Å². The summed E-state index contributed by atoms with van der Waals surface area (Å²) in [4.78, 5) is 25.1. The Morgan fingerprint density at radius 1 is 1.40 bits per heavy atom. The van der Waals surface area contributed by atoms with Crippen molar-refractivity contribution in [3.63, 3.8) is 0 Å². The number of nitrogens with zero attached hydrogens (tertiary/aromatic N) is 1. The SMILES string of the molecule is CC(C)C[C@H]1NC(=O)N(Cc2ccc(F)cc2Cl)C1=O. The van der Waals surface area contributed by atoms with Crippen molar-refractivity contribution in [3.05, 3.63) is 34.6 Å². The van der Waals surface area contributed by atoms with Gasteiger partial charge in [-0.2, -0.15) is 0 Å². The summed E-state index contributed by atoms with van der Waals surface area (Å²) in [5.74, 6) is -0.406. The van der Waals surface area contributed by atoms with Crippen molar-refractivity contribution in [1.82, 2.24) is 10.2 Å². The van der Waals surface area contributed by atoms with E-state index in [0.29, 0.717) is 17.9 Å². The van der Waals surface area contributed by atoms with Gasteiger partial charge in [0.25, 0.3) is 5.91 Å². The molecule has 1 heterocycles. The Balaban J connectivity index is 2.13. The molecule has 108 valence electrons. The van der Waals surface area contributed by atoms with Gasteiger partial charge in [-0.3, -0.25) is 9.69 Å². The standard InChI is InChI=1S/C14H16ClFN2O2/c1-8(2)5-12-13(19)18(14(20)17-12)7-9-3-4-10(16)6-11(9)15/h3-4,6,8,12H,5,7H2,1-2H3,(H,17,20)/t12-/m1/s1. The number of urea groups is 1. The average molecular weight is 299 g/mol. The van der Waals surface area contributed by atoms with Crippen molar-refractivity contribution in [2.45, 2.75) is 32.9 Å². The average Bonchev–Trinajstić information content (AvgIpc) is 2.59. The number of nitrogens with one attached hydrogen (secondary N) is 1. The molecule has 1 aliphatic rings. The second-order valence-electron chi connectivity index (χ2n) is 5.29. The summed E-state index contributed by atoms with van der Waals surface area (Å²) in [6.45, 7) is 4.02. The van der Waals surface area contributed by atoms with Crippen LogP contribution >= 0.6 is 11.6 Å². The first kappa shape index (κ1) is 14.8. The molecule has 0 radical (unpaired) electrons. The molecular formula is C14H16ClFN2O2. The minimum Gasteiger partial charge on any atom is -0.326 e. The molecule has 1 N–H and O–H groups in total. The molecule has 20 heavy (non-hydrogen) atoms. The quantitative estimate of drug-likeness (QED) is 0.869. The van der Waals surface area contributed by atoms with E-state index in [-0.39, 0.29) is 17.5 Å². The number of rotatable bonds is 4. The van der Waals surface area contributed by atoms with Gasteiger partial charge >= 0.3 is 6.03 Å². The number of imide groups is 1. The van der Waals surface area contributed by atoms with Crippen molar-refractivity contribution in [2.24, 2.45) is 5.92 Å². The third-order valence-electron chi connectivity index (χ3n) is 3.16. The van der Waals surface area contributed by atoms with Crippen molar-refractivity contribution in [3.8, 4) is 0 Å². The van der Waals surface area contributed by atoms with Gasteiger partial charge in [0.05, 0.1) is 6.54 Å². The summed E-state index contributed by atoms with van der Waals surface area (Å²) in [6.07, 6.45) is 0.595. The lowest BCUT2D eigenvalue weighted by Crippen LogP contribution is -2.31. The van der Waals surface area contributed by atoms with Crippen LogP contribution in [0.3, 0.4) is 0 Å². The maximum atomic E-state index is 13.0. The van der Waals surface area contributed by atoms with Crippen LogP contribution in [0.15, 0.2) is 18.2 Å². The van der Waals surface area contributed by atoms with Crippen LogP contribution in [0.1, 0.15) is 25.8 Å². The first-order valence-corrected chi connectivity index (χ1v) is 6.82. The maximum Gasteiger partial charge on any atom is 0.325 e. The lowest BCUT2D eigenvalue weighted by molar-refractivity contribution is -0.128. The highest BCUT2D eigenvalue weighted by atomic mass is 35.5. The lowest BCUT2D eigenvalue weighted by atomic mass is 10.0. The molecule has 2 rings (SSSR count). The summed E-state index contributed by atoms with van der Waals surface area (Å²) in [5.41, 5.74) is 0.543. The minimum atomic E-state index is -0.485. The Labute approximate surface area is 121 Å². The van der Waals surface area contributed by atoms with Gasteiger partial charge in [-0.1, -0.05) is 31.5 Å². The number of hydrogen-bond acceptors (Lipinski definition) is 2. The van der Waals surface area contributed by atoms with Crippen LogP contribution in [0.25, 0.3) is 0 Å². The van der Waals surface area contributed by atoms with E-state index in [4.69, 9.17) is 11.6 Å². The smallest absolute Gasteiger partial charge is 0.325 e. The van der Waals surface area contributed by atoms with E-state index < -0.39 is 17.9 Å². The fourth-order valence-corrected chi connectivity index (χ4v) is 2.41. The Kier molecular flexibility index (Phi) is 4.28. The lowest BCUT2D eigenvalue weighted by Gasteiger charge is -2.14. The van der Waals surface area contributed by atoms with E-state index >= 15 is 0 Å². The number of hydrogen-bond donors (Lipinski definition) is 1. The van der Waals surface area contributed by atoms with Crippen LogP contribution in [-0.4, -0.2) is 22.9 Å². The highest BCUT2D eigenvalue weighted by Crippen LogP contribution is 2.22. The Hall–Kier alpha value is -1.62. The molecular weight excluding hydrogens is 283 g/mol. The molecule has 0 bridgehead atoms. The molecule has 1 atom stereocenters. The van der Waals surface area contributed by atoms with Crippen molar-refractivity contribution >= 4 is 23.5 Å². The molecule has 1 aliphatic heterocycles. The third kappa shape index (κ3) is 3.10. The zero-order valence-corrected chi connectivity index (χ0v) is 12.1. The maximum absolute atomic E-state index is 13.0. The summed E-state index contributed by atoms with van der Waals surface area (Å²) in [7, 11) is 0. The summed E-state index contributed by atoms with van der Waals surface area (Å²) < 4.78 is 13.0. The highest BCUT2D eigenvalue weighted by Gasteiger charge is 2.38. The monoisotopic (exact) mass is 298 g/mol. The van der Waals surface area contributed by atoms with E-state index in [0.717, 1.165) is 4.90 Å². The molecule has 0 spiro atoms. The molecule has 1 aromatic rings. The van der Waals surface area contributed by atoms with Crippen molar-refractivity contribution in [2.75, 3.05) is 0 Å². The molecule has 1 saturated heterocycles. The first-order chi connectivity index (χ1) is 9.38. The van der Waals surface area contributed by atoms with E-state index in [1.165, 1.54) is 18.2 Å². The molecule has 0 aliphatic carbocycles. The van der Waals surface area contributed by atoms with Gasteiger partial charge < -0.3 is 5.32 Å². The molecule has 0 unspecified atom stereocenters. The number of benzene rings is 1. The fraction of sp³-hybridized carbons (Fsp3) is 0.429. The first-order valence-electron chi connectivity index (χ1n) is 6.44. The van der Waals surface area contributed by atoms with Crippen LogP contribution < -0.4 is 5.32 Å². The van der Waals surface area contributed by atoms with Crippen molar-refractivity contribution < 1.29 is 14.0 Å². The molecule has 0 aromatic heterocycles. The summed E-state index contributed by atoms with van der Waals surface area (Å²) in [6, 6.07) is 2.99. The number of halogens is 2. The zero-order valence-electron chi connectivity index (χ0n) is 11.3. The molecule has 6 heteroatoms. The fourth-order valence-electron chi connectivity index (χ4n) is 2.18. The van der Waals surface area contributed by atoms with Crippen LogP contribution in [-0.2, 0) is 11.3 Å². The second kappa shape index (κ2) is 5.79. The van der Waals surface area contributed by atoms with E-state index in [1.54, 1.807) is 0 Å². The van der Waals surface area contributed by atoms with Gasteiger partial charge in [0.1, 0.15) is 11.9 Å². The predicted molar refractivity (Wildman–Crippen MR) is 73.7 cm³/mol. The highest BCUT2D eigenvalue weighted by molar-refractivity contribution is 6.31. The van der Waals surface area contributed by atoms with Gasteiger partial charge in [0.15, 0.2) is 0 Å². The normalized spacial score (nSPS) is 18.9. The molecule has 1 fully saturated rings. The summed E-state index contributed by atoms with van der Waals surface area (Å²) in [5, 5.41) is 2.86. The Morgan fingerprint density at radius 2 is 2.10 bits per heavy atom. The van der Waals surface area contributed by atoms with Crippen LogP contribution in [0.4, 0.5) is 9.18 Å². The van der Waals surface area contributed by atoms with E-state index in [1.807, 2.05) is 13.8 Å². The van der Waals surface area contributed by atoms with Crippen LogP contribution in [0.5, 0.6) is 0 Å². The number of amides is 3. The van der Waals surface area contributed by atoms with E-state index in [9.17, 15) is 14.0 Å². The van der Waals surface area contributed by atoms with Crippen LogP contribution in [0, 0.1) is 11.7 Å². The molecule has 0 saturated carbocycles. The summed E-state index contributed by atoms with van der Waals surface area (Å²) >= 11 is 5.91. The Morgan fingerprint density at radius 3 is 2.70 bits per heavy atom. The molecule has 4 nitrogen and oxygen atoms in total. The molecule has 3 amide bonds. The van der Waals surface area contributed by atoms with Gasteiger partial charge in [0, 0.05) is 5.02 Å². The van der Waals surface area contributed by atoms with Gasteiger partial charge in [0.2, 0.25) is 0 Å². The van der Waals surface area contributed by atoms with Crippen molar-refractivity contribution in [1.29, 1.82) is 0 Å². The van der Waals surface area contributed by atoms with E-state index in [2.05, 4.69) is 5.32 Å². The largest absolute Gasteiger partial charge is 0.326 e. The Bertz CT molecular complexity index is 548.